The van der Waals surface area contributed by atoms with Crippen LogP contribution in [0, 0.1) is 0 Å². The van der Waals surface area contributed by atoms with Gasteiger partial charge in [-0.1, -0.05) is 23.7 Å². The highest BCUT2D eigenvalue weighted by atomic mass is 127. The third kappa shape index (κ3) is 5.49. The molecule has 27 heavy (non-hydrogen) atoms. The molecular weight excluding hydrogens is 475 g/mol. The van der Waals surface area contributed by atoms with Crippen molar-refractivity contribution >= 4 is 41.5 Å². The first-order chi connectivity index (χ1) is 12.5. The van der Waals surface area contributed by atoms with E-state index in [1.807, 2.05) is 19.2 Å². The topological polar surface area (TPSA) is 48.9 Å². The average molecular weight is 507 g/mol. The van der Waals surface area contributed by atoms with E-state index in [0.717, 1.165) is 50.1 Å². The molecule has 0 radical (unpaired) electrons. The zero-order valence-corrected chi connectivity index (χ0v) is 19.6. The third-order valence-electron chi connectivity index (χ3n) is 6.07. The first kappa shape index (κ1) is 22.7. The molecule has 1 aromatic rings. The van der Waals surface area contributed by atoms with Gasteiger partial charge in [-0.05, 0) is 57.5 Å². The third-order valence-corrected chi connectivity index (χ3v) is 6.30. The molecule has 0 amide bonds. The molecule has 1 aliphatic heterocycles. The maximum atomic E-state index is 6.18. The first-order valence-electron chi connectivity index (χ1n) is 9.45. The number of guanidine groups is 1. The molecule has 1 saturated heterocycles. The lowest BCUT2D eigenvalue weighted by molar-refractivity contribution is -0.00501. The van der Waals surface area contributed by atoms with Crippen LogP contribution in [0.4, 0.5) is 0 Å². The normalized spacial score (nSPS) is 20.7. The van der Waals surface area contributed by atoms with E-state index < -0.39 is 0 Å². The van der Waals surface area contributed by atoms with E-state index in [4.69, 9.17) is 16.3 Å². The molecule has 1 aliphatic carbocycles. The number of halogens is 2. The molecule has 7 heteroatoms. The Morgan fingerprint density at radius 1 is 1.15 bits per heavy atom. The molecule has 2 fully saturated rings. The number of aliphatic imine (C=N–C) groups is 1. The van der Waals surface area contributed by atoms with Gasteiger partial charge in [-0.15, -0.1) is 24.0 Å². The van der Waals surface area contributed by atoms with E-state index >= 15 is 0 Å². The van der Waals surface area contributed by atoms with Crippen LogP contribution in [0.1, 0.15) is 31.2 Å². The zero-order valence-electron chi connectivity index (χ0n) is 16.6. The van der Waals surface area contributed by atoms with Gasteiger partial charge in [0.2, 0.25) is 0 Å². The highest BCUT2D eigenvalue weighted by molar-refractivity contribution is 14.0. The molecule has 2 aliphatic rings. The summed E-state index contributed by atoms with van der Waals surface area (Å²) in [6, 6.07) is 8.25. The highest BCUT2D eigenvalue weighted by Crippen LogP contribution is 2.48. The average Bonchev–Trinajstić information content (AvgIpc) is 3.44. The van der Waals surface area contributed by atoms with Crippen LogP contribution in [0.3, 0.4) is 0 Å². The Morgan fingerprint density at radius 2 is 1.81 bits per heavy atom. The predicted molar refractivity (Wildman–Crippen MR) is 124 cm³/mol. The van der Waals surface area contributed by atoms with Crippen LogP contribution in [0.25, 0.3) is 0 Å². The summed E-state index contributed by atoms with van der Waals surface area (Å²) in [5, 5.41) is 7.88. The van der Waals surface area contributed by atoms with Gasteiger partial charge < -0.3 is 20.3 Å². The summed E-state index contributed by atoms with van der Waals surface area (Å²) in [5.41, 5.74) is 1.64. The fourth-order valence-electron chi connectivity index (χ4n) is 3.79. The summed E-state index contributed by atoms with van der Waals surface area (Å²) in [7, 11) is 6.14. The Bertz CT molecular complexity index is 643. The Morgan fingerprint density at radius 3 is 2.37 bits per heavy atom. The minimum absolute atomic E-state index is 0. The van der Waals surface area contributed by atoms with Gasteiger partial charge in [-0.3, -0.25) is 4.99 Å². The van der Waals surface area contributed by atoms with E-state index in [0.29, 0.717) is 0 Å². The minimum atomic E-state index is 0. The van der Waals surface area contributed by atoms with Crippen LogP contribution in [0.2, 0.25) is 5.02 Å². The van der Waals surface area contributed by atoms with Gasteiger partial charge in [0.05, 0.1) is 0 Å². The second-order valence-electron chi connectivity index (χ2n) is 7.80. The monoisotopic (exact) mass is 506 g/mol. The lowest BCUT2D eigenvalue weighted by Crippen LogP contribution is -2.57. The van der Waals surface area contributed by atoms with Crippen molar-refractivity contribution in [3.8, 4) is 0 Å². The lowest BCUT2D eigenvalue weighted by Gasteiger charge is -2.43. The van der Waals surface area contributed by atoms with Gasteiger partial charge in [-0.2, -0.15) is 0 Å². The maximum Gasteiger partial charge on any atom is 0.191 e. The van der Waals surface area contributed by atoms with Gasteiger partial charge in [-0.25, -0.2) is 0 Å². The number of ether oxygens (including phenoxy) is 1. The van der Waals surface area contributed by atoms with Crippen LogP contribution < -0.4 is 10.6 Å². The second-order valence-corrected chi connectivity index (χ2v) is 8.24. The van der Waals surface area contributed by atoms with Crippen molar-refractivity contribution in [3.63, 3.8) is 0 Å². The van der Waals surface area contributed by atoms with Gasteiger partial charge in [0.15, 0.2) is 5.96 Å². The van der Waals surface area contributed by atoms with Gasteiger partial charge in [0.25, 0.3) is 0 Å². The zero-order chi connectivity index (χ0) is 18.6. The van der Waals surface area contributed by atoms with Crippen molar-refractivity contribution in [2.24, 2.45) is 4.99 Å². The van der Waals surface area contributed by atoms with Crippen molar-refractivity contribution < 1.29 is 4.74 Å². The molecule has 0 bridgehead atoms. The minimum Gasteiger partial charge on any atom is -0.381 e. The number of nitrogens with one attached hydrogen (secondary N) is 2. The van der Waals surface area contributed by atoms with E-state index in [-0.39, 0.29) is 34.9 Å². The quantitative estimate of drug-likeness (QED) is 0.353. The van der Waals surface area contributed by atoms with Crippen LogP contribution in [-0.4, -0.2) is 63.8 Å². The fourth-order valence-corrected chi connectivity index (χ4v) is 3.98. The second kappa shape index (κ2) is 9.76. The van der Waals surface area contributed by atoms with E-state index in [1.165, 1.54) is 18.4 Å². The summed E-state index contributed by atoms with van der Waals surface area (Å²) in [5.74, 6) is 0.867. The SMILES string of the molecule is CN=C(NCC1(c2cccc(Cl)c2)CC1)NCC1(N(C)C)CCOCC1.I. The largest absolute Gasteiger partial charge is 0.381 e. The Labute approximate surface area is 185 Å². The smallest absolute Gasteiger partial charge is 0.191 e. The van der Waals surface area contributed by atoms with Crippen LogP contribution in [-0.2, 0) is 10.2 Å². The van der Waals surface area contributed by atoms with Gasteiger partial charge in [0.1, 0.15) is 0 Å². The standard InChI is InChI=1S/C20H31ClN4O.HI/c1-22-18(24-15-20(25(2)3)9-11-26-12-10-20)23-14-19(7-8-19)16-5-4-6-17(21)13-16;/h4-6,13H,7-12,14-15H2,1-3H3,(H2,22,23,24);1H. The summed E-state index contributed by atoms with van der Waals surface area (Å²) >= 11 is 6.18. The Kier molecular flexibility index (Phi) is 8.21. The molecular formula is C20H32ClIN4O. The van der Waals surface area contributed by atoms with Gasteiger partial charge in [0, 0.05) is 49.3 Å². The summed E-state index contributed by atoms with van der Waals surface area (Å²) in [6.07, 6.45) is 4.46. The molecule has 0 atom stereocenters. The first-order valence-corrected chi connectivity index (χ1v) is 9.83. The molecule has 5 nitrogen and oxygen atoms in total. The van der Waals surface area contributed by atoms with Crippen molar-refractivity contribution in [1.29, 1.82) is 0 Å². The summed E-state index contributed by atoms with van der Waals surface area (Å²) in [4.78, 5) is 6.75. The number of benzene rings is 1. The van der Waals surface area contributed by atoms with Crippen LogP contribution in [0.5, 0.6) is 0 Å². The van der Waals surface area contributed by atoms with Gasteiger partial charge >= 0.3 is 0 Å². The highest BCUT2D eigenvalue weighted by Gasteiger charge is 2.44. The van der Waals surface area contributed by atoms with Crippen molar-refractivity contribution in [2.45, 2.75) is 36.6 Å². The number of hydrogen-bond donors (Lipinski definition) is 2. The number of likely N-dealkylation sites (N-methyl/N-ethyl adjacent to an activating group) is 1. The predicted octanol–water partition coefficient (Wildman–Crippen LogP) is 3.27. The maximum absolute atomic E-state index is 6.18. The number of nitrogens with zero attached hydrogens (tertiary/aromatic N) is 2. The Hall–Kier alpha value is -0.570. The van der Waals surface area contributed by atoms with Crippen molar-refractivity contribution in [1.82, 2.24) is 15.5 Å². The van der Waals surface area contributed by atoms with E-state index in [9.17, 15) is 0 Å². The van der Waals surface area contributed by atoms with Crippen molar-refractivity contribution in [2.75, 3.05) is 47.4 Å². The van der Waals surface area contributed by atoms with Crippen LogP contribution >= 0.6 is 35.6 Å². The lowest BCUT2D eigenvalue weighted by atomic mass is 9.88. The van der Waals surface area contributed by atoms with E-state index in [2.05, 4.69) is 46.8 Å². The Balaban J connectivity index is 0.00000261. The molecule has 0 unspecified atom stereocenters. The molecule has 0 spiro atoms. The van der Waals surface area contributed by atoms with Crippen LogP contribution in [0.15, 0.2) is 29.3 Å². The molecule has 2 N–H and O–H groups in total. The van der Waals surface area contributed by atoms with E-state index in [1.54, 1.807) is 0 Å². The number of rotatable bonds is 6. The summed E-state index contributed by atoms with van der Waals surface area (Å²) < 4.78 is 5.56. The van der Waals surface area contributed by atoms with Crippen molar-refractivity contribution in [3.05, 3.63) is 34.9 Å². The number of hydrogen-bond acceptors (Lipinski definition) is 3. The molecule has 0 aromatic heterocycles. The summed E-state index contributed by atoms with van der Waals surface area (Å²) in [6.45, 7) is 3.39. The molecule has 3 rings (SSSR count). The molecule has 1 aromatic carbocycles. The molecule has 1 saturated carbocycles. The molecule has 152 valence electrons. The fraction of sp³-hybridized carbons (Fsp3) is 0.650. The molecule has 1 heterocycles.